The van der Waals surface area contributed by atoms with Gasteiger partial charge in [-0.2, -0.15) is 0 Å². The van der Waals surface area contributed by atoms with Crippen LogP contribution in [0.5, 0.6) is 0 Å². The van der Waals surface area contributed by atoms with Crippen molar-refractivity contribution in [3.8, 4) is 0 Å². The van der Waals surface area contributed by atoms with Crippen LogP contribution in [-0.2, 0) is 0 Å². The molecule has 0 saturated carbocycles. The molecule has 0 aliphatic heterocycles. The number of nitrogens with two attached hydrogens (primary N) is 1. The van der Waals surface area contributed by atoms with Crippen LogP contribution in [0.1, 0.15) is 32.4 Å². The smallest absolute Gasteiger partial charge is 0.0781 e. The van der Waals surface area contributed by atoms with Gasteiger partial charge in [0, 0.05) is 17.1 Å². The van der Waals surface area contributed by atoms with Crippen LogP contribution >= 0.6 is 12.4 Å². The molecule has 2 aromatic rings. The third-order valence-electron chi connectivity index (χ3n) is 3.22. The van der Waals surface area contributed by atoms with E-state index in [1.165, 1.54) is 0 Å². The molecule has 4 N–H and O–H groups in total. The second kappa shape index (κ2) is 5.31. The predicted molar refractivity (Wildman–Crippen MR) is 77.9 cm³/mol. The Morgan fingerprint density at radius 3 is 2.50 bits per heavy atom. The average molecular weight is 269 g/mol. The van der Waals surface area contributed by atoms with Gasteiger partial charge in [0.25, 0.3) is 0 Å². The molecular weight excluding hydrogens is 248 g/mol. The number of nitrogens with one attached hydrogen (secondary N) is 1. The van der Waals surface area contributed by atoms with Gasteiger partial charge in [0.15, 0.2) is 0 Å². The predicted octanol–water partition coefficient (Wildman–Crippen LogP) is 3.00. The molecule has 0 aliphatic carbocycles. The van der Waals surface area contributed by atoms with Gasteiger partial charge in [-0.1, -0.05) is 32.9 Å². The molecule has 1 heterocycles. The molecule has 0 aliphatic rings. The molecule has 100 valence electrons. The molecular formula is C14H21ClN2O. The number of hydrogen-bond donors (Lipinski definition) is 3. The van der Waals surface area contributed by atoms with Crippen molar-refractivity contribution in [2.75, 3.05) is 0 Å². The molecule has 0 saturated heterocycles. The van der Waals surface area contributed by atoms with E-state index in [9.17, 15) is 5.11 Å². The number of aliphatic hydroxyl groups is 1. The number of aromatic amines is 1. The zero-order valence-corrected chi connectivity index (χ0v) is 11.8. The summed E-state index contributed by atoms with van der Waals surface area (Å²) in [4.78, 5) is 3.16. The summed E-state index contributed by atoms with van der Waals surface area (Å²) in [5.41, 5.74) is 8.01. The molecule has 1 aromatic heterocycles. The Morgan fingerprint density at radius 2 is 1.89 bits per heavy atom. The number of hydrogen-bond acceptors (Lipinski definition) is 2. The standard InChI is InChI=1S/C14H20N2O.ClH/c1-14(2,3)13(17)12(15)10-5-4-6-11-9(10)7-8-16-11;/h4-8,12-13,16-17H,15H2,1-3H3;1H/t12-,13-;/m1./s1. The van der Waals surface area contributed by atoms with Gasteiger partial charge < -0.3 is 15.8 Å². The summed E-state index contributed by atoms with van der Waals surface area (Å²) in [5, 5.41) is 11.4. The first-order valence-corrected chi connectivity index (χ1v) is 5.91. The van der Waals surface area contributed by atoms with E-state index in [0.717, 1.165) is 16.5 Å². The summed E-state index contributed by atoms with van der Waals surface area (Å²) in [6.07, 6.45) is 1.33. The van der Waals surface area contributed by atoms with Crippen LogP contribution in [-0.4, -0.2) is 16.2 Å². The normalized spacial score (nSPS) is 15.2. The SMILES string of the molecule is CC(C)(C)[C@H](O)[C@H](N)c1cccc2[nH]ccc12.Cl. The summed E-state index contributed by atoms with van der Waals surface area (Å²) in [5.74, 6) is 0. The van der Waals surface area contributed by atoms with Crippen molar-refractivity contribution in [2.45, 2.75) is 32.9 Å². The van der Waals surface area contributed by atoms with Crippen LogP contribution in [0.3, 0.4) is 0 Å². The zero-order valence-electron chi connectivity index (χ0n) is 11.0. The summed E-state index contributed by atoms with van der Waals surface area (Å²) in [7, 11) is 0. The van der Waals surface area contributed by atoms with Gasteiger partial charge in [0.2, 0.25) is 0 Å². The second-order valence-corrected chi connectivity index (χ2v) is 5.62. The lowest BCUT2D eigenvalue weighted by Gasteiger charge is -2.31. The van der Waals surface area contributed by atoms with E-state index in [4.69, 9.17) is 5.73 Å². The quantitative estimate of drug-likeness (QED) is 0.784. The second-order valence-electron chi connectivity index (χ2n) is 5.62. The fourth-order valence-electron chi connectivity index (χ4n) is 2.11. The van der Waals surface area contributed by atoms with Crippen molar-refractivity contribution < 1.29 is 5.11 Å². The summed E-state index contributed by atoms with van der Waals surface area (Å²) >= 11 is 0. The van der Waals surface area contributed by atoms with Crippen molar-refractivity contribution in [1.82, 2.24) is 4.98 Å². The maximum Gasteiger partial charge on any atom is 0.0781 e. The van der Waals surface area contributed by atoms with Gasteiger partial charge in [-0.25, -0.2) is 0 Å². The van der Waals surface area contributed by atoms with E-state index < -0.39 is 6.10 Å². The first kappa shape index (κ1) is 15.0. The molecule has 2 rings (SSSR count). The number of rotatable bonds is 2. The van der Waals surface area contributed by atoms with Gasteiger partial charge in [0.1, 0.15) is 0 Å². The molecule has 0 fully saturated rings. The highest BCUT2D eigenvalue weighted by atomic mass is 35.5. The van der Waals surface area contributed by atoms with Gasteiger partial charge in [-0.15, -0.1) is 12.4 Å². The van der Waals surface area contributed by atoms with E-state index in [-0.39, 0.29) is 23.9 Å². The van der Waals surface area contributed by atoms with Gasteiger partial charge in [0.05, 0.1) is 12.1 Å². The molecule has 3 nitrogen and oxygen atoms in total. The Labute approximate surface area is 114 Å². The summed E-state index contributed by atoms with van der Waals surface area (Å²) in [6, 6.07) is 7.59. The number of halogens is 1. The highest BCUT2D eigenvalue weighted by Gasteiger charge is 2.29. The van der Waals surface area contributed by atoms with Gasteiger partial charge >= 0.3 is 0 Å². The molecule has 0 spiro atoms. The molecule has 0 radical (unpaired) electrons. The minimum atomic E-state index is -0.567. The highest BCUT2D eigenvalue weighted by Crippen LogP contribution is 2.31. The maximum absolute atomic E-state index is 10.3. The van der Waals surface area contributed by atoms with E-state index in [1.54, 1.807) is 0 Å². The van der Waals surface area contributed by atoms with E-state index in [2.05, 4.69) is 4.98 Å². The lowest BCUT2D eigenvalue weighted by Crippen LogP contribution is -2.37. The van der Waals surface area contributed by atoms with Crippen LogP contribution in [0, 0.1) is 5.41 Å². The van der Waals surface area contributed by atoms with E-state index >= 15 is 0 Å². The van der Waals surface area contributed by atoms with Crippen molar-refractivity contribution in [1.29, 1.82) is 0 Å². The number of H-pyrrole nitrogens is 1. The van der Waals surface area contributed by atoms with Crippen LogP contribution in [0.2, 0.25) is 0 Å². The number of aliphatic hydroxyl groups excluding tert-OH is 1. The lowest BCUT2D eigenvalue weighted by atomic mass is 9.82. The number of aromatic nitrogens is 1. The van der Waals surface area contributed by atoms with E-state index in [1.807, 2.05) is 51.2 Å². The van der Waals surface area contributed by atoms with Gasteiger partial charge in [-0.05, 0) is 23.1 Å². The fraction of sp³-hybridized carbons (Fsp3) is 0.429. The highest BCUT2D eigenvalue weighted by molar-refractivity contribution is 5.85. The summed E-state index contributed by atoms with van der Waals surface area (Å²) in [6.45, 7) is 5.98. The first-order valence-electron chi connectivity index (χ1n) is 5.91. The van der Waals surface area contributed by atoms with Gasteiger partial charge in [-0.3, -0.25) is 0 Å². The molecule has 0 unspecified atom stereocenters. The molecule has 0 bridgehead atoms. The Hall–Kier alpha value is -1.03. The van der Waals surface area contributed by atoms with Crippen molar-refractivity contribution in [2.24, 2.45) is 11.1 Å². The number of fused-ring (bicyclic) bond motifs is 1. The fourth-order valence-corrected chi connectivity index (χ4v) is 2.11. The van der Waals surface area contributed by atoms with Crippen LogP contribution < -0.4 is 5.73 Å². The largest absolute Gasteiger partial charge is 0.391 e. The monoisotopic (exact) mass is 268 g/mol. The zero-order chi connectivity index (χ0) is 12.6. The molecule has 1 aromatic carbocycles. The van der Waals surface area contributed by atoms with Crippen LogP contribution in [0.4, 0.5) is 0 Å². The summed E-state index contributed by atoms with van der Waals surface area (Å²) < 4.78 is 0. The topological polar surface area (TPSA) is 62.0 Å². The van der Waals surface area contributed by atoms with E-state index in [0.29, 0.717) is 0 Å². The molecule has 2 atom stereocenters. The molecule has 4 heteroatoms. The third-order valence-corrected chi connectivity index (χ3v) is 3.22. The minimum absolute atomic E-state index is 0. The Bertz CT molecular complexity index is 516. The van der Waals surface area contributed by atoms with Crippen molar-refractivity contribution >= 4 is 23.3 Å². The van der Waals surface area contributed by atoms with Crippen molar-refractivity contribution in [3.05, 3.63) is 36.0 Å². The van der Waals surface area contributed by atoms with Crippen molar-refractivity contribution in [3.63, 3.8) is 0 Å². The van der Waals surface area contributed by atoms with Crippen LogP contribution in [0.25, 0.3) is 10.9 Å². The Kier molecular flexibility index (Phi) is 4.43. The Balaban J connectivity index is 0.00000162. The minimum Gasteiger partial charge on any atom is -0.391 e. The third kappa shape index (κ3) is 2.69. The van der Waals surface area contributed by atoms with Crippen LogP contribution in [0.15, 0.2) is 30.5 Å². The number of benzene rings is 1. The molecule has 18 heavy (non-hydrogen) atoms. The maximum atomic E-state index is 10.3. The lowest BCUT2D eigenvalue weighted by molar-refractivity contribution is 0.0405. The Morgan fingerprint density at radius 1 is 1.22 bits per heavy atom. The molecule has 0 amide bonds. The first-order chi connectivity index (χ1) is 7.91. The average Bonchev–Trinajstić information content (AvgIpc) is 2.73.